The van der Waals surface area contributed by atoms with E-state index in [4.69, 9.17) is 3.76 Å². The average molecular weight is 407 g/mol. The molecule has 0 saturated carbocycles. The number of ketones is 1. The van der Waals surface area contributed by atoms with E-state index in [1.54, 1.807) is 12.1 Å². The van der Waals surface area contributed by atoms with Crippen LogP contribution in [0.5, 0.6) is 0 Å². The van der Waals surface area contributed by atoms with Gasteiger partial charge in [0.1, 0.15) is 0 Å². The number of hydrogen-bond acceptors (Lipinski definition) is 3. The first-order valence-electron chi connectivity index (χ1n) is 9.87. The maximum atomic E-state index is 12.5. The predicted molar refractivity (Wildman–Crippen MR) is 106 cm³/mol. The quantitative estimate of drug-likeness (QED) is 0.224. The van der Waals surface area contributed by atoms with E-state index in [0.29, 0.717) is 5.56 Å². The summed E-state index contributed by atoms with van der Waals surface area (Å²) in [6, 6.07) is 9.04. The molecule has 0 saturated heterocycles. The zero-order chi connectivity index (χ0) is 18.5. The van der Waals surface area contributed by atoms with E-state index in [9.17, 15) is 9.59 Å². The van der Waals surface area contributed by atoms with Crippen LogP contribution in [0.4, 0.5) is 0 Å². The number of carbonyl (C=O) groups is 2. The van der Waals surface area contributed by atoms with Crippen LogP contribution in [0, 0.1) is 0 Å². The van der Waals surface area contributed by atoms with E-state index in [-0.39, 0.29) is 18.2 Å². The summed E-state index contributed by atoms with van der Waals surface area (Å²) in [5.41, 5.74) is 0.591. The van der Waals surface area contributed by atoms with E-state index in [0.717, 1.165) is 54.3 Å². The first-order valence-corrected chi connectivity index (χ1v) is 15.2. The van der Waals surface area contributed by atoms with Gasteiger partial charge in [-0.1, -0.05) is 0 Å². The molecule has 0 aliphatic carbocycles. The van der Waals surface area contributed by atoms with Crippen molar-refractivity contribution >= 4 is 25.4 Å². The number of rotatable bonds is 13. The number of carbonyl (C=O) groups excluding carboxylic acids is 2. The molecule has 0 heterocycles. The normalized spacial score (nSPS) is 11.3. The van der Waals surface area contributed by atoms with Gasteiger partial charge in [-0.05, 0) is 0 Å². The summed E-state index contributed by atoms with van der Waals surface area (Å²) >= 11 is -2.69. The Balaban J connectivity index is 2.78. The Morgan fingerprint density at radius 3 is 1.76 bits per heavy atom. The van der Waals surface area contributed by atoms with Gasteiger partial charge >= 0.3 is 156 Å². The Bertz CT molecular complexity index is 491. The number of unbranched alkanes of at least 4 members (excludes halogenated alkanes) is 3. The van der Waals surface area contributed by atoms with Gasteiger partial charge in [-0.25, -0.2) is 0 Å². The third-order valence-corrected chi connectivity index (χ3v) is 14.0. The van der Waals surface area contributed by atoms with Gasteiger partial charge in [-0.15, -0.1) is 0 Å². The Kier molecular flexibility index (Phi) is 10.8. The molecule has 0 fully saturated rings. The van der Waals surface area contributed by atoms with Gasteiger partial charge in [0.2, 0.25) is 0 Å². The molecule has 0 unspecified atom stereocenters. The first-order chi connectivity index (χ1) is 12.1. The molecule has 1 aromatic rings. The monoisotopic (exact) mass is 408 g/mol. The van der Waals surface area contributed by atoms with E-state index < -0.39 is 13.6 Å². The molecule has 0 radical (unpaired) electrons. The summed E-state index contributed by atoms with van der Waals surface area (Å²) in [7, 11) is 0. The van der Waals surface area contributed by atoms with Crippen LogP contribution < -0.4 is 0 Å². The molecule has 1 aromatic carbocycles. The maximum absolute atomic E-state index is 12.5. The summed E-state index contributed by atoms with van der Waals surface area (Å²) in [6.07, 6.45) is 6.67. The summed E-state index contributed by atoms with van der Waals surface area (Å²) < 4.78 is 6.16. The number of hydrogen-bond donors (Lipinski definition) is 0. The standard InChI is InChI=1S/C21H34GeO3/c1-4-7-15-22(16-8-5-2,17-9-6-3)25-21(24)18-20(23)19-13-11-10-12-14-19/h10-14H,4-9,15-18H2,1-3H3. The second-order valence-electron chi connectivity index (χ2n) is 6.93. The second-order valence-corrected chi connectivity index (χ2v) is 15.5. The van der Waals surface area contributed by atoms with Gasteiger partial charge in [0, 0.05) is 0 Å². The van der Waals surface area contributed by atoms with Gasteiger partial charge in [0.05, 0.1) is 0 Å². The summed E-state index contributed by atoms with van der Waals surface area (Å²) in [4.78, 5) is 24.8. The molecule has 0 aliphatic heterocycles. The van der Waals surface area contributed by atoms with Gasteiger partial charge in [0.25, 0.3) is 0 Å². The van der Waals surface area contributed by atoms with Crippen LogP contribution in [0.1, 0.15) is 76.1 Å². The Morgan fingerprint density at radius 2 is 1.32 bits per heavy atom. The Labute approximate surface area is 156 Å². The van der Waals surface area contributed by atoms with Gasteiger partial charge < -0.3 is 0 Å². The van der Waals surface area contributed by atoms with Crippen molar-refractivity contribution in [2.24, 2.45) is 0 Å². The molecule has 25 heavy (non-hydrogen) atoms. The molecule has 0 aromatic heterocycles. The fourth-order valence-electron chi connectivity index (χ4n) is 3.16. The van der Waals surface area contributed by atoms with Crippen molar-refractivity contribution in [3.63, 3.8) is 0 Å². The van der Waals surface area contributed by atoms with E-state index >= 15 is 0 Å². The average Bonchev–Trinajstić information content (AvgIpc) is 2.63. The van der Waals surface area contributed by atoms with Crippen LogP contribution in [0.25, 0.3) is 0 Å². The van der Waals surface area contributed by atoms with Crippen LogP contribution >= 0.6 is 0 Å². The molecule has 0 N–H and O–H groups in total. The zero-order valence-electron chi connectivity index (χ0n) is 16.2. The van der Waals surface area contributed by atoms with E-state index in [1.807, 2.05) is 18.2 Å². The molecule has 0 amide bonds. The SMILES string of the molecule is CCC[CH2][Ge]([CH2]CCC)([CH2]CCC)[O]C(=O)CC(=O)c1ccccc1. The summed E-state index contributed by atoms with van der Waals surface area (Å²) in [5, 5.41) is 3.26. The zero-order valence-corrected chi connectivity index (χ0v) is 18.3. The van der Waals surface area contributed by atoms with Crippen LogP contribution in [0.2, 0.25) is 15.8 Å². The van der Waals surface area contributed by atoms with Crippen LogP contribution in [-0.2, 0) is 8.56 Å². The van der Waals surface area contributed by atoms with Crippen molar-refractivity contribution in [2.75, 3.05) is 0 Å². The molecule has 0 bridgehead atoms. The molecule has 0 atom stereocenters. The van der Waals surface area contributed by atoms with Gasteiger partial charge in [-0.2, -0.15) is 0 Å². The third-order valence-electron chi connectivity index (χ3n) is 4.69. The van der Waals surface area contributed by atoms with Gasteiger partial charge in [0.15, 0.2) is 0 Å². The Morgan fingerprint density at radius 1 is 0.840 bits per heavy atom. The molecule has 0 spiro atoms. The summed E-state index contributed by atoms with van der Waals surface area (Å²) in [5.74, 6) is -0.430. The minimum atomic E-state index is -2.69. The van der Waals surface area contributed by atoms with Crippen molar-refractivity contribution in [2.45, 2.75) is 81.5 Å². The Hall–Kier alpha value is -1.10. The molecule has 1 rings (SSSR count). The van der Waals surface area contributed by atoms with Crippen molar-refractivity contribution in [3.05, 3.63) is 35.9 Å². The van der Waals surface area contributed by atoms with Crippen molar-refractivity contribution in [3.8, 4) is 0 Å². The minimum absolute atomic E-state index is 0.124. The molecule has 4 heteroatoms. The molecule has 3 nitrogen and oxygen atoms in total. The van der Waals surface area contributed by atoms with Crippen LogP contribution in [0.3, 0.4) is 0 Å². The molecular formula is C21H34GeO3. The number of Topliss-reactive ketones (excluding diaryl/α,β-unsaturated/α-hetero) is 1. The first kappa shape index (κ1) is 21.9. The molecule has 140 valence electrons. The van der Waals surface area contributed by atoms with E-state index in [1.165, 1.54) is 0 Å². The van der Waals surface area contributed by atoms with Crippen molar-refractivity contribution in [1.29, 1.82) is 0 Å². The fourth-order valence-corrected chi connectivity index (χ4v) is 12.8. The molecular weight excluding hydrogens is 373 g/mol. The fraction of sp³-hybridized carbons (Fsp3) is 0.619. The van der Waals surface area contributed by atoms with Crippen molar-refractivity contribution in [1.82, 2.24) is 0 Å². The van der Waals surface area contributed by atoms with E-state index in [2.05, 4.69) is 20.8 Å². The van der Waals surface area contributed by atoms with Crippen molar-refractivity contribution < 1.29 is 13.4 Å². The van der Waals surface area contributed by atoms with Crippen LogP contribution in [0.15, 0.2) is 30.3 Å². The topological polar surface area (TPSA) is 43.4 Å². The second kappa shape index (κ2) is 12.3. The summed E-state index contributed by atoms with van der Waals surface area (Å²) in [6.45, 7) is 6.56. The van der Waals surface area contributed by atoms with Crippen LogP contribution in [-0.4, -0.2) is 25.4 Å². The third kappa shape index (κ3) is 8.21. The molecule has 0 aliphatic rings. The van der Waals surface area contributed by atoms with Gasteiger partial charge in [-0.3, -0.25) is 0 Å². The predicted octanol–water partition coefficient (Wildman–Crippen LogP) is 6.15. The number of benzene rings is 1.